The first-order chi connectivity index (χ1) is 9.93. The van der Waals surface area contributed by atoms with Crippen LogP contribution >= 0.6 is 11.6 Å². The maximum absolute atomic E-state index is 11.8. The van der Waals surface area contributed by atoms with E-state index in [9.17, 15) is 9.59 Å². The predicted octanol–water partition coefficient (Wildman–Crippen LogP) is 2.14. The molecule has 0 aliphatic heterocycles. The Morgan fingerprint density at radius 1 is 1.48 bits per heavy atom. The Balaban J connectivity index is 2.51. The standard InChI is InChI=1S/C14H19ClN2O4/c1-17(7-6-13(18)19)14(20)16-9-12(21-2)10-4-3-5-11(15)8-10/h3-5,8,12H,6-7,9H2,1-2H3,(H,16,20)(H,18,19). The topological polar surface area (TPSA) is 78.9 Å². The molecule has 1 aromatic rings. The second kappa shape index (κ2) is 8.49. The van der Waals surface area contributed by atoms with Crippen molar-refractivity contribution in [1.82, 2.24) is 10.2 Å². The van der Waals surface area contributed by atoms with Crippen molar-refractivity contribution >= 4 is 23.6 Å². The number of amides is 2. The van der Waals surface area contributed by atoms with Gasteiger partial charge in [0.1, 0.15) is 0 Å². The van der Waals surface area contributed by atoms with E-state index in [0.717, 1.165) is 5.56 Å². The molecule has 6 nitrogen and oxygen atoms in total. The molecule has 116 valence electrons. The van der Waals surface area contributed by atoms with E-state index in [2.05, 4.69) is 5.32 Å². The first-order valence-electron chi connectivity index (χ1n) is 6.43. The second-order valence-electron chi connectivity index (χ2n) is 4.53. The molecule has 1 atom stereocenters. The van der Waals surface area contributed by atoms with E-state index in [0.29, 0.717) is 5.02 Å². The number of nitrogens with zero attached hydrogens (tertiary/aromatic N) is 1. The van der Waals surface area contributed by atoms with Gasteiger partial charge in [0.25, 0.3) is 0 Å². The van der Waals surface area contributed by atoms with E-state index in [-0.39, 0.29) is 31.6 Å². The number of halogens is 1. The number of nitrogens with one attached hydrogen (secondary N) is 1. The van der Waals surface area contributed by atoms with Gasteiger partial charge in [0, 0.05) is 32.3 Å². The van der Waals surface area contributed by atoms with Gasteiger partial charge in [-0.3, -0.25) is 4.79 Å². The number of carboxylic acids is 1. The van der Waals surface area contributed by atoms with Crippen molar-refractivity contribution in [3.63, 3.8) is 0 Å². The highest BCUT2D eigenvalue weighted by Gasteiger charge is 2.15. The van der Waals surface area contributed by atoms with Crippen LogP contribution in [0.3, 0.4) is 0 Å². The largest absolute Gasteiger partial charge is 0.481 e. The van der Waals surface area contributed by atoms with Gasteiger partial charge < -0.3 is 20.1 Å². The van der Waals surface area contributed by atoms with Gasteiger partial charge in [-0.2, -0.15) is 0 Å². The number of aliphatic carboxylic acids is 1. The lowest BCUT2D eigenvalue weighted by molar-refractivity contribution is -0.137. The van der Waals surface area contributed by atoms with Gasteiger partial charge in [-0.1, -0.05) is 23.7 Å². The van der Waals surface area contributed by atoms with Crippen LogP contribution in [0.4, 0.5) is 4.79 Å². The highest BCUT2D eigenvalue weighted by Crippen LogP contribution is 2.19. The predicted molar refractivity (Wildman–Crippen MR) is 79.5 cm³/mol. The summed E-state index contributed by atoms with van der Waals surface area (Å²) in [6.07, 6.45) is -0.410. The summed E-state index contributed by atoms with van der Waals surface area (Å²) in [4.78, 5) is 23.6. The number of ether oxygens (including phenoxy) is 1. The van der Waals surface area contributed by atoms with Crippen molar-refractivity contribution < 1.29 is 19.4 Å². The van der Waals surface area contributed by atoms with Gasteiger partial charge in [-0.05, 0) is 17.7 Å². The van der Waals surface area contributed by atoms with Crippen LogP contribution in [-0.4, -0.2) is 49.3 Å². The minimum atomic E-state index is -0.941. The van der Waals surface area contributed by atoms with Crippen LogP contribution in [0, 0.1) is 0 Å². The Hall–Kier alpha value is -1.79. The lowest BCUT2D eigenvalue weighted by Gasteiger charge is -2.20. The summed E-state index contributed by atoms with van der Waals surface area (Å²) < 4.78 is 5.33. The van der Waals surface area contributed by atoms with E-state index in [1.807, 2.05) is 12.1 Å². The summed E-state index contributed by atoms with van der Waals surface area (Å²) in [6, 6.07) is 6.86. The summed E-state index contributed by atoms with van der Waals surface area (Å²) in [5, 5.41) is 11.9. The van der Waals surface area contributed by atoms with E-state index in [4.69, 9.17) is 21.4 Å². The third kappa shape index (κ3) is 6.01. The number of hydrogen-bond acceptors (Lipinski definition) is 3. The minimum absolute atomic E-state index is 0.0913. The smallest absolute Gasteiger partial charge is 0.317 e. The number of methoxy groups -OCH3 is 1. The molecule has 21 heavy (non-hydrogen) atoms. The molecule has 1 unspecified atom stereocenters. The van der Waals surface area contributed by atoms with Gasteiger partial charge >= 0.3 is 12.0 Å². The molecule has 0 aromatic heterocycles. The van der Waals surface area contributed by atoms with E-state index in [1.54, 1.807) is 26.3 Å². The van der Waals surface area contributed by atoms with Gasteiger partial charge in [-0.15, -0.1) is 0 Å². The third-order valence-corrected chi connectivity index (χ3v) is 3.19. The molecule has 0 saturated carbocycles. The number of benzene rings is 1. The van der Waals surface area contributed by atoms with E-state index in [1.165, 1.54) is 4.90 Å². The van der Waals surface area contributed by atoms with Crippen LogP contribution in [-0.2, 0) is 9.53 Å². The molecule has 0 saturated heterocycles. The zero-order valence-electron chi connectivity index (χ0n) is 12.0. The van der Waals surface area contributed by atoms with Gasteiger partial charge in [0.05, 0.1) is 12.5 Å². The number of carbonyl (C=O) groups excluding carboxylic acids is 1. The van der Waals surface area contributed by atoms with Gasteiger partial charge in [-0.25, -0.2) is 4.79 Å². The number of urea groups is 1. The molecule has 2 N–H and O–H groups in total. The van der Waals surface area contributed by atoms with Crippen LogP contribution in [0.15, 0.2) is 24.3 Å². The Morgan fingerprint density at radius 2 is 2.19 bits per heavy atom. The van der Waals surface area contributed by atoms with Crippen molar-refractivity contribution in [1.29, 1.82) is 0 Å². The van der Waals surface area contributed by atoms with Crippen molar-refractivity contribution in [3.8, 4) is 0 Å². The summed E-state index contributed by atoms with van der Waals surface area (Å²) in [6.45, 7) is 0.420. The van der Waals surface area contributed by atoms with Crippen molar-refractivity contribution in [2.75, 3.05) is 27.2 Å². The molecular weight excluding hydrogens is 296 g/mol. The molecule has 7 heteroatoms. The quantitative estimate of drug-likeness (QED) is 0.808. The summed E-state index contributed by atoms with van der Waals surface area (Å²) >= 11 is 5.92. The van der Waals surface area contributed by atoms with Crippen LogP contribution in [0.1, 0.15) is 18.1 Å². The van der Waals surface area contributed by atoms with Gasteiger partial charge in [0.2, 0.25) is 0 Å². The maximum Gasteiger partial charge on any atom is 0.317 e. The van der Waals surface area contributed by atoms with Gasteiger partial charge in [0.15, 0.2) is 0 Å². The fourth-order valence-corrected chi connectivity index (χ4v) is 1.92. The third-order valence-electron chi connectivity index (χ3n) is 2.95. The highest BCUT2D eigenvalue weighted by molar-refractivity contribution is 6.30. The zero-order chi connectivity index (χ0) is 15.8. The van der Waals surface area contributed by atoms with Crippen LogP contribution in [0.2, 0.25) is 5.02 Å². The van der Waals surface area contributed by atoms with Crippen LogP contribution < -0.4 is 5.32 Å². The molecule has 1 rings (SSSR count). The van der Waals surface area contributed by atoms with Crippen molar-refractivity contribution in [2.45, 2.75) is 12.5 Å². The summed E-state index contributed by atoms with van der Waals surface area (Å²) in [7, 11) is 3.09. The molecule has 0 aliphatic rings. The number of carboxylic acid groups (broad SMARTS) is 1. The zero-order valence-corrected chi connectivity index (χ0v) is 12.8. The van der Waals surface area contributed by atoms with Crippen LogP contribution in [0.25, 0.3) is 0 Å². The summed E-state index contributed by atoms with van der Waals surface area (Å²) in [5.41, 5.74) is 0.860. The van der Waals surface area contributed by atoms with Crippen molar-refractivity contribution in [3.05, 3.63) is 34.9 Å². The Kier molecular flexibility index (Phi) is 6.98. The maximum atomic E-state index is 11.8. The summed E-state index contributed by atoms with van der Waals surface area (Å²) in [5.74, 6) is -0.941. The van der Waals surface area contributed by atoms with E-state index >= 15 is 0 Å². The average Bonchev–Trinajstić information content (AvgIpc) is 2.45. The number of hydrogen-bond donors (Lipinski definition) is 2. The van der Waals surface area contributed by atoms with E-state index < -0.39 is 5.97 Å². The van der Waals surface area contributed by atoms with Crippen molar-refractivity contribution in [2.24, 2.45) is 0 Å². The first-order valence-corrected chi connectivity index (χ1v) is 6.81. The monoisotopic (exact) mass is 314 g/mol. The minimum Gasteiger partial charge on any atom is -0.481 e. The number of carbonyl (C=O) groups is 2. The fraction of sp³-hybridized carbons (Fsp3) is 0.429. The molecule has 0 spiro atoms. The molecule has 0 fully saturated rings. The average molecular weight is 315 g/mol. The first kappa shape index (κ1) is 17.3. The molecule has 1 aromatic carbocycles. The lowest BCUT2D eigenvalue weighted by Crippen LogP contribution is -2.40. The molecule has 0 aliphatic carbocycles. The fourth-order valence-electron chi connectivity index (χ4n) is 1.72. The molecule has 0 heterocycles. The highest BCUT2D eigenvalue weighted by atomic mass is 35.5. The molecule has 0 bridgehead atoms. The Labute approximate surface area is 128 Å². The SMILES string of the molecule is COC(CNC(=O)N(C)CCC(=O)O)c1cccc(Cl)c1. The molecular formula is C14H19ClN2O4. The van der Waals surface area contributed by atoms with Crippen LogP contribution in [0.5, 0.6) is 0 Å². The number of rotatable bonds is 7. The second-order valence-corrected chi connectivity index (χ2v) is 4.97. The lowest BCUT2D eigenvalue weighted by atomic mass is 10.1. The Bertz CT molecular complexity index is 496. The Morgan fingerprint density at radius 3 is 2.76 bits per heavy atom. The molecule has 2 amide bonds. The normalized spacial score (nSPS) is 11.8. The molecule has 0 radical (unpaired) electrons.